The van der Waals surface area contributed by atoms with Gasteiger partial charge in [0.1, 0.15) is 5.75 Å². The number of carbonyl (C=O) groups is 2. The molecule has 40 heavy (non-hydrogen) atoms. The number of hydrogen-bond acceptors (Lipinski definition) is 5. The lowest BCUT2D eigenvalue weighted by molar-refractivity contribution is -0.138. The maximum Gasteiger partial charge on any atom is 0.419 e. The number of nitrogens with one attached hydrogen (secondary N) is 1. The van der Waals surface area contributed by atoms with Crippen molar-refractivity contribution < 1.29 is 27.5 Å². The Labute approximate surface area is 226 Å². The molecule has 1 saturated heterocycles. The summed E-state index contributed by atoms with van der Waals surface area (Å²) in [6.45, 7) is 4.41. The number of anilines is 1. The molecular formula is C28H24F3N5O4. The van der Waals surface area contributed by atoms with Crippen LogP contribution in [0, 0.1) is 0 Å². The first-order valence-electron chi connectivity index (χ1n) is 12.3. The van der Waals surface area contributed by atoms with E-state index in [1.165, 1.54) is 16.7 Å². The van der Waals surface area contributed by atoms with Crippen LogP contribution in [0.4, 0.5) is 18.9 Å². The largest absolute Gasteiger partial charge is 0.496 e. The van der Waals surface area contributed by atoms with Gasteiger partial charge in [-0.1, -0.05) is 6.58 Å². The van der Waals surface area contributed by atoms with Crippen molar-refractivity contribution in [2.45, 2.75) is 18.6 Å². The molecular weight excluding hydrogens is 527 g/mol. The molecule has 3 heterocycles. The van der Waals surface area contributed by atoms with E-state index in [4.69, 9.17) is 4.74 Å². The molecule has 2 amide bonds. The number of aromatic nitrogens is 3. The molecule has 1 aliphatic heterocycles. The Morgan fingerprint density at radius 1 is 1.12 bits per heavy atom. The monoisotopic (exact) mass is 551 g/mol. The van der Waals surface area contributed by atoms with Crippen LogP contribution in [0.1, 0.15) is 28.4 Å². The summed E-state index contributed by atoms with van der Waals surface area (Å²) < 4.78 is 48.0. The number of amides is 2. The number of likely N-dealkylation sites (tertiary alicyclic amines) is 1. The van der Waals surface area contributed by atoms with Gasteiger partial charge >= 0.3 is 11.9 Å². The van der Waals surface area contributed by atoms with Gasteiger partial charge in [-0.2, -0.15) is 13.2 Å². The third-order valence-electron chi connectivity index (χ3n) is 6.84. The normalized spacial score (nSPS) is 15.3. The fraction of sp³-hybridized carbons (Fsp3) is 0.214. The summed E-state index contributed by atoms with van der Waals surface area (Å²) in [7, 11) is 1.12. The van der Waals surface area contributed by atoms with Gasteiger partial charge in [0.2, 0.25) is 5.91 Å². The summed E-state index contributed by atoms with van der Waals surface area (Å²) in [5, 5.41) is 2.58. The Morgan fingerprint density at radius 2 is 1.88 bits per heavy atom. The highest BCUT2D eigenvalue weighted by atomic mass is 19.4. The van der Waals surface area contributed by atoms with E-state index in [1.54, 1.807) is 52.2 Å². The zero-order chi connectivity index (χ0) is 28.6. The zero-order valence-electron chi connectivity index (χ0n) is 21.3. The van der Waals surface area contributed by atoms with Gasteiger partial charge in [0.25, 0.3) is 5.91 Å². The first kappa shape index (κ1) is 26.7. The Bertz CT molecular complexity index is 1670. The van der Waals surface area contributed by atoms with Crippen LogP contribution in [-0.4, -0.2) is 51.0 Å². The Hall–Kier alpha value is -4.87. The number of carbonyl (C=O) groups excluding carboxylic acids is 2. The van der Waals surface area contributed by atoms with E-state index in [-0.39, 0.29) is 29.0 Å². The van der Waals surface area contributed by atoms with Gasteiger partial charge in [-0.3, -0.25) is 23.7 Å². The van der Waals surface area contributed by atoms with Gasteiger partial charge in [0, 0.05) is 30.5 Å². The standard InChI is InChI=1S/C28H24F3N5O4/c1-3-25(37)34-13-11-20(16-34)36-22-10-12-32-15-23(22)35(27(36)39)19-7-5-18(6-8-19)33-26(38)17-4-9-24(40-2)21(14-17)28(29,30)31/h3-10,12,14-15,20H,1,11,13,16H2,2H3,(H,33,38). The molecule has 0 aliphatic carbocycles. The van der Waals surface area contributed by atoms with E-state index < -0.39 is 17.6 Å². The van der Waals surface area contributed by atoms with Gasteiger partial charge in [-0.25, -0.2) is 4.79 Å². The third kappa shape index (κ3) is 4.83. The van der Waals surface area contributed by atoms with Crippen molar-refractivity contribution in [1.29, 1.82) is 0 Å². The van der Waals surface area contributed by atoms with Crippen molar-refractivity contribution in [1.82, 2.24) is 19.0 Å². The van der Waals surface area contributed by atoms with Crippen molar-refractivity contribution in [3.05, 3.63) is 95.2 Å². The molecule has 0 radical (unpaired) electrons. The predicted octanol–water partition coefficient (Wildman–Crippen LogP) is 4.43. The minimum Gasteiger partial charge on any atom is -0.496 e. The average molecular weight is 552 g/mol. The Balaban J connectivity index is 1.43. The number of ether oxygens (including phenoxy) is 1. The molecule has 0 saturated carbocycles. The predicted molar refractivity (Wildman–Crippen MR) is 142 cm³/mol. The zero-order valence-corrected chi connectivity index (χ0v) is 21.3. The molecule has 1 fully saturated rings. The first-order valence-corrected chi connectivity index (χ1v) is 12.3. The maximum absolute atomic E-state index is 13.6. The molecule has 9 nitrogen and oxygen atoms in total. The lowest BCUT2D eigenvalue weighted by Crippen LogP contribution is -2.31. The molecule has 206 valence electrons. The second-order valence-electron chi connectivity index (χ2n) is 9.20. The molecule has 0 bridgehead atoms. The topological polar surface area (TPSA) is 98.5 Å². The highest BCUT2D eigenvalue weighted by Crippen LogP contribution is 2.37. The van der Waals surface area contributed by atoms with E-state index in [0.717, 1.165) is 19.2 Å². The van der Waals surface area contributed by atoms with Gasteiger partial charge in [0.15, 0.2) is 0 Å². The number of pyridine rings is 1. The Kier molecular flexibility index (Phi) is 6.92. The van der Waals surface area contributed by atoms with Crippen LogP contribution in [0.25, 0.3) is 16.7 Å². The molecule has 5 rings (SSSR count). The van der Waals surface area contributed by atoms with Crippen molar-refractivity contribution in [2.24, 2.45) is 0 Å². The van der Waals surface area contributed by atoms with Crippen LogP contribution < -0.4 is 15.7 Å². The van der Waals surface area contributed by atoms with Crippen LogP contribution in [0.3, 0.4) is 0 Å². The minimum absolute atomic E-state index is 0.192. The summed E-state index contributed by atoms with van der Waals surface area (Å²) >= 11 is 0. The summed E-state index contributed by atoms with van der Waals surface area (Å²) in [4.78, 5) is 44.2. The number of rotatable bonds is 6. The molecule has 2 aromatic heterocycles. The molecule has 0 spiro atoms. The van der Waals surface area contributed by atoms with Crippen LogP contribution in [0.15, 0.2) is 78.4 Å². The van der Waals surface area contributed by atoms with E-state index in [2.05, 4.69) is 16.9 Å². The third-order valence-corrected chi connectivity index (χ3v) is 6.84. The van der Waals surface area contributed by atoms with E-state index >= 15 is 0 Å². The first-order chi connectivity index (χ1) is 19.1. The van der Waals surface area contributed by atoms with Gasteiger partial charge in [-0.15, -0.1) is 0 Å². The lowest BCUT2D eigenvalue weighted by Gasteiger charge is -2.15. The summed E-state index contributed by atoms with van der Waals surface area (Å²) in [5.74, 6) is -1.31. The summed E-state index contributed by atoms with van der Waals surface area (Å²) in [6, 6.07) is 10.9. The lowest BCUT2D eigenvalue weighted by atomic mass is 10.1. The van der Waals surface area contributed by atoms with Gasteiger partial charge < -0.3 is 15.0 Å². The minimum atomic E-state index is -4.69. The van der Waals surface area contributed by atoms with Crippen molar-refractivity contribution in [3.63, 3.8) is 0 Å². The number of benzene rings is 2. The highest BCUT2D eigenvalue weighted by molar-refractivity contribution is 6.04. The SMILES string of the molecule is C=CC(=O)N1CCC(n2c(=O)n(-c3ccc(NC(=O)c4ccc(OC)c(C(F)(F)F)c4)cc3)c3cnccc32)C1. The van der Waals surface area contributed by atoms with Gasteiger partial charge in [-0.05, 0) is 61.0 Å². The number of fused-ring (bicyclic) bond motifs is 1. The summed E-state index contributed by atoms with van der Waals surface area (Å²) in [6.07, 6.45) is 0.330. The fourth-order valence-electron chi connectivity index (χ4n) is 4.92. The number of methoxy groups -OCH3 is 1. The number of alkyl halides is 3. The average Bonchev–Trinajstić information content (AvgIpc) is 3.54. The molecule has 1 unspecified atom stereocenters. The van der Waals surface area contributed by atoms with Crippen LogP contribution in [0.5, 0.6) is 5.75 Å². The van der Waals surface area contributed by atoms with E-state index in [0.29, 0.717) is 41.9 Å². The number of imidazole rings is 1. The fourth-order valence-corrected chi connectivity index (χ4v) is 4.92. The maximum atomic E-state index is 13.6. The highest BCUT2D eigenvalue weighted by Gasteiger charge is 2.35. The number of hydrogen-bond donors (Lipinski definition) is 1. The molecule has 2 aromatic carbocycles. The molecule has 1 aliphatic rings. The van der Waals surface area contributed by atoms with Crippen LogP contribution in [0.2, 0.25) is 0 Å². The molecule has 4 aromatic rings. The van der Waals surface area contributed by atoms with Gasteiger partial charge in [0.05, 0.1) is 41.6 Å². The van der Waals surface area contributed by atoms with Crippen LogP contribution >= 0.6 is 0 Å². The Morgan fingerprint density at radius 3 is 2.55 bits per heavy atom. The van der Waals surface area contributed by atoms with Crippen molar-refractivity contribution >= 4 is 28.5 Å². The number of nitrogens with zero attached hydrogens (tertiary/aromatic N) is 4. The van der Waals surface area contributed by atoms with Crippen molar-refractivity contribution in [2.75, 3.05) is 25.5 Å². The molecule has 1 atom stereocenters. The smallest absolute Gasteiger partial charge is 0.419 e. The van der Waals surface area contributed by atoms with Crippen LogP contribution in [-0.2, 0) is 11.0 Å². The molecule has 12 heteroatoms. The van der Waals surface area contributed by atoms with E-state index in [9.17, 15) is 27.6 Å². The van der Waals surface area contributed by atoms with E-state index in [1.807, 2.05) is 0 Å². The molecule has 1 N–H and O–H groups in total. The summed E-state index contributed by atoms with van der Waals surface area (Å²) in [5.41, 5.74) is 0.495. The second-order valence-corrected chi connectivity index (χ2v) is 9.20. The van der Waals surface area contributed by atoms with Crippen molar-refractivity contribution in [3.8, 4) is 11.4 Å². The second kappa shape index (κ2) is 10.4. The quantitative estimate of drug-likeness (QED) is 0.358. The number of halogens is 3.